The first-order valence-corrected chi connectivity index (χ1v) is 8.77. The van der Waals surface area contributed by atoms with Gasteiger partial charge in [-0.05, 0) is 17.7 Å². The smallest absolute Gasteiger partial charge is 0.144 e. The van der Waals surface area contributed by atoms with E-state index in [0.29, 0.717) is 13.1 Å². The van der Waals surface area contributed by atoms with E-state index in [1.807, 2.05) is 10.7 Å². The Morgan fingerprint density at radius 1 is 1.23 bits per heavy atom. The zero-order valence-electron chi connectivity index (χ0n) is 14.1. The molecule has 2 aromatic heterocycles. The Labute approximate surface area is 155 Å². The van der Waals surface area contributed by atoms with Gasteiger partial charge in [-0.3, -0.25) is 14.6 Å². The van der Waals surface area contributed by atoms with Crippen molar-refractivity contribution in [2.75, 3.05) is 11.9 Å². The van der Waals surface area contributed by atoms with Crippen molar-refractivity contribution in [3.8, 4) is 0 Å². The number of rotatable bonds is 5. The molecule has 8 heteroatoms. The van der Waals surface area contributed by atoms with Gasteiger partial charge in [0.25, 0.3) is 0 Å². The van der Waals surface area contributed by atoms with Gasteiger partial charge < -0.3 is 5.32 Å². The number of nitrogens with one attached hydrogen (secondary N) is 1. The fraction of sp³-hybridized carbons (Fsp3) is 0.278. The summed E-state index contributed by atoms with van der Waals surface area (Å²) < 4.78 is 15.6. The quantitative estimate of drug-likeness (QED) is 0.745. The van der Waals surface area contributed by atoms with Crippen LogP contribution >= 0.6 is 11.6 Å². The summed E-state index contributed by atoms with van der Waals surface area (Å²) in [5.74, 6) is 0.351. The average Bonchev–Trinajstić information content (AvgIpc) is 3.07. The van der Waals surface area contributed by atoms with Gasteiger partial charge in [0, 0.05) is 32.0 Å². The van der Waals surface area contributed by atoms with Gasteiger partial charge in [0.15, 0.2) is 0 Å². The standard InChI is InChI=1S/C18H18ClFN6/c19-18-13(2-1-3-16(18)20)11-25-6-7-26-15(12-25)8-14(24-26)9-23-17-10-21-4-5-22-17/h1-5,8,10H,6-7,9,11-12H2,(H,22,23). The predicted molar refractivity (Wildman–Crippen MR) is 97.1 cm³/mol. The number of aromatic nitrogens is 4. The third-order valence-corrected chi connectivity index (χ3v) is 4.79. The lowest BCUT2D eigenvalue weighted by Gasteiger charge is -2.27. The molecule has 1 aromatic carbocycles. The third-order valence-electron chi connectivity index (χ3n) is 4.37. The topological polar surface area (TPSA) is 58.9 Å². The van der Waals surface area contributed by atoms with E-state index in [0.717, 1.165) is 42.4 Å². The molecule has 4 rings (SSSR count). The van der Waals surface area contributed by atoms with Gasteiger partial charge in [-0.25, -0.2) is 9.37 Å². The Hall–Kier alpha value is -2.51. The normalized spacial score (nSPS) is 14.2. The second kappa shape index (κ2) is 7.39. The van der Waals surface area contributed by atoms with E-state index in [4.69, 9.17) is 11.6 Å². The average molecular weight is 373 g/mol. The largest absolute Gasteiger partial charge is 0.363 e. The van der Waals surface area contributed by atoms with Crippen molar-refractivity contribution in [2.24, 2.45) is 0 Å². The van der Waals surface area contributed by atoms with Gasteiger partial charge in [0.1, 0.15) is 11.6 Å². The minimum Gasteiger partial charge on any atom is -0.363 e. The Morgan fingerprint density at radius 2 is 2.15 bits per heavy atom. The lowest BCUT2D eigenvalue weighted by Crippen LogP contribution is -2.33. The molecule has 1 N–H and O–H groups in total. The van der Waals surface area contributed by atoms with Crippen LogP contribution in [0.3, 0.4) is 0 Å². The second-order valence-electron chi connectivity index (χ2n) is 6.22. The van der Waals surface area contributed by atoms with Crippen LogP contribution in [-0.4, -0.2) is 31.2 Å². The van der Waals surface area contributed by atoms with Crippen molar-refractivity contribution in [1.82, 2.24) is 24.6 Å². The van der Waals surface area contributed by atoms with Crippen molar-refractivity contribution >= 4 is 17.4 Å². The van der Waals surface area contributed by atoms with Crippen LogP contribution in [0.1, 0.15) is 17.0 Å². The molecule has 0 aliphatic carbocycles. The molecule has 0 spiro atoms. The molecule has 0 unspecified atom stereocenters. The summed E-state index contributed by atoms with van der Waals surface area (Å²) in [6.45, 7) is 3.61. The molecule has 0 saturated heterocycles. The number of fused-ring (bicyclic) bond motifs is 1. The van der Waals surface area contributed by atoms with Crippen LogP contribution < -0.4 is 5.32 Å². The molecule has 0 amide bonds. The summed E-state index contributed by atoms with van der Waals surface area (Å²) in [6.07, 6.45) is 4.97. The first-order valence-electron chi connectivity index (χ1n) is 8.40. The maximum atomic E-state index is 13.6. The number of halogens is 2. The number of benzene rings is 1. The van der Waals surface area contributed by atoms with Gasteiger partial charge in [0.2, 0.25) is 0 Å². The van der Waals surface area contributed by atoms with Gasteiger partial charge in [-0.2, -0.15) is 5.10 Å². The molecule has 0 bridgehead atoms. The Morgan fingerprint density at radius 3 is 3.00 bits per heavy atom. The summed E-state index contributed by atoms with van der Waals surface area (Å²) in [6, 6.07) is 7.03. The molecule has 0 fully saturated rings. The molecule has 0 atom stereocenters. The predicted octanol–water partition coefficient (Wildman–Crippen LogP) is 3.09. The molecule has 3 heterocycles. The van der Waals surface area contributed by atoms with Crippen LogP contribution in [0.25, 0.3) is 0 Å². The highest BCUT2D eigenvalue weighted by atomic mass is 35.5. The lowest BCUT2D eigenvalue weighted by molar-refractivity contribution is 0.205. The fourth-order valence-electron chi connectivity index (χ4n) is 3.08. The fourth-order valence-corrected chi connectivity index (χ4v) is 3.27. The molecular weight excluding hydrogens is 355 g/mol. The molecular formula is C18H18ClFN6. The highest BCUT2D eigenvalue weighted by Gasteiger charge is 2.19. The molecule has 1 aliphatic heterocycles. The molecule has 1 aliphatic rings. The highest BCUT2D eigenvalue weighted by Crippen LogP contribution is 2.23. The minimum atomic E-state index is -0.372. The van der Waals surface area contributed by atoms with Gasteiger partial charge in [0.05, 0.1) is 35.7 Å². The van der Waals surface area contributed by atoms with E-state index in [2.05, 4.69) is 31.3 Å². The van der Waals surface area contributed by atoms with E-state index < -0.39 is 0 Å². The summed E-state index contributed by atoms with van der Waals surface area (Å²) in [7, 11) is 0. The van der Waals surface area contributed by atoms with E-state index >= 15 is 0 Å². The van der Waals surface area contributed by atoms with E-state index in [1.54, 1.807) is 24.7 Å². The highest BCUT2D eigenvalue weighted by molar-refractivity contribution is 6.31. The molecule has 0 saturated carbocycles. The van der Waals surface area contributed by atoms with Crippen molar-refractivity contribution in [3.63, 3.8) is 0 Å². The van der Waals surface area contributed by atoms with Crippen molar-refractivity contribution in [1.29, 1.82) is 0 Å². The monoisotopic (exact) mass is 372 g/mol. The zero-order chi connectivity index (χ0) is 17.9. The van der Waals surface area contributed by atoms with Gasteiger partial charge in [-0.15, -0.1) is 0 Å². The number of nitrogens with zero attached hydrogens (tertiary/aromatic N) is 5. The summed E-state index contributed by atoms with van der Waals surface area (Å²) >= 11 is 6.08. The van der Waals surface area contributed by atoms with Crippen LogP contribution in [0.4, 0.5) is 10.2 Å². The lowest BCUT2D eigenvalue weighted by atomic mass is 10.2. The first-order chi connectivity index (χ1) is 12.7. The minimum absolute atomic E-state index is 0.209. The maximum Gasteiger partial charge on any atom is 0.144 e. The summed E-state index contributed by atoms with van der Waals surface area (Å²) in [4.78, 5) is 10.5. The Balaban J connectivity index is 1.41. The molecule has 26 heavy (non-hydrogen) atoms. The van der Waals surface area contributed by atoms with E-state index in [-0.39, 0.29) is 10.8 Å². The van der Waals surface area contributed by atoms with E-state index in [1.165, 1.54) is 6.07 Å². The van der Waals surface area contributed by atoms with Crippen LogP contribution in [0.15, 0.2) is 42.9 Å². The maximum absolute atomic E-state index is 13.6. The molecule has 134 valence electrons. The number of hydrogen-bond donors (Lipinski definition) is 1. The van der Waals surface area contributed by atoms with E-state index in [9.17, 15) is 4.39 Å². The molecule has 3 aromatic rings. The number of anilines is 1. The van der Waals surface area contributed by atoms with Crippen LogP contribution in [0, 0.1) is 5.82 Å². The molecule has 0 radical (unpaired) electrons. The Kier molecular flexibility index (Phi) is 4.81. The second-order valence-corrected chi connectivity index (χ2v) is 6.60. The Bertz CT molecular complexity index is 898. The summed E-state index contributed by atoms with van der Waals surface area (Å²) in [5.41, 5.74) is 2.90. The van der Waals surface area contributed by atoms with Crippen molar-refractivity contribution in [3.05, 3.63) is 70.6 Å². The van der Waals surface area contributed by atoms with Gasteiger partial charge in [-0.1, -0.05) is 23.7 Å². The van der Waals surface area contributed by atoms with Crippen LogP contribution in [-0.2, 0) is 26.2 Å². The zero-order valence-corrected chi connectivity index (χ0v) is 14.8. The first kappa shape index (κ1) is 16.9. The van der Waals surface area contributed by atoms with Crippen molar-refractivity contribution in [2.45, 2.75) is 26.2 Å². The summed E-state index contributed by atoms with van der Waals surface area (Å²) in [5, 5.41) is 8.05. The van der Waals surface area contributed by atoms with Crippen molar-refractivity contribution < 1.29 is 4.39 Å². The van der Waals surface area contributed by atoms with Gasteiger partial charge >= 0.3 is 0 Å². The number of hydrogen-bond acceptors (Lipinski definition) is 5. The van der Waals surface area contributed by atoms with Crippen LogP contribution in [0.5, 0.6) is 0 Å². The SMILES string of the molecule is Fc1cccc(CN2CCn3nc(CNc4cnccn4)cc3C2)c1Cl. The molecule has 6 nitrogen and oxygen atoms in total. The van der Waals surface area contributed by atoms with Crippen LogP contribution in [0.2, 0.25) is 5.02 Å². The third kappa shape index (κ3) is 3.68.